The van der Waals surface area contributed by atoms with E-state index in [1.54, 1.807) is 0 Å². The van der Waals surface area contributed by atoms with E-state index in [9.17, 15) is 14.9 Å². The summed E-state index contributed by atoms with van der Waals surface area (Å²) in [5.74, 6) is 0.158. The molecule has 0 bridgehead atoms. The highest BCUT2D eigenvalue weighted by atomic mass is 35.5. The molecule has 0 spiro atoms. The monoisotopic (exact) mass is 319 g/mol. The third-order valence-electron chi connectivity index (χ3n) is 3.54. The average molecular weight is 320 g/mol. The molecule has 1 aromatic rings. The highest BCUT2D eigenvalue weighted by molar-refractivity contribution is 7.13. The molecule has 1 aliphatic rings. The fourth-order valence-electron chi connectivity index (χ4n) is 2.38. The van der Waals surface area contributed by atoms with Crippen LogP contribution in [-0.2, 0) is 0 Å². The van der Waals surface area contributed by atoms with E-state index in [0.717, 1.165) is 24.3 Å². The van der Waals surface area contributed by atoms with Crippen LogP contribution in [0.4, 0.5) is 5.00 Å². The lowest BCUT2D eigenvalue weighted by Crippen LogP contribution is -2.55. The van der Waals surface area contributed by atoms with E-state index in [0.29, 0.717) is 11.5 Å². The minimum Gasteiger partial charge on any atom is -0.347 e. The van der Waals surface area contributed by atoms with Crippen LogP contribution in [-0.4, -0.2) is 29.5 Å². The molecule has 8 heteroatoms. The van der Waals surface area contributed by atoms with Gasteiger partial charge in [-0.1, -0.05) is 18.3 Å². The maximum atomic E-state index is 12.1. The lowest BCUT2D eigenvalue weighted by Gasteiger charge is -2.35. The SMILES string of the molecule is CC1CCNC(C)C1NC(=O)c1csc([N+](=O)[O-])c1.Cl. The number of hydrogen-bond acceptors (Lipinski definition) is 5. The van der Waals surface area contributed by atoms with Crippen molar-refractivity contribution in [2.24, 2.45) is 5.92 Å². The molecule has 1 aliphatic heterocycles. The van der Waals surface area contributed by atoms with Crippen LogP contribution in [0.3, 0.4) is 0 Å². The first kappa shape index (κ1) is 16.9. The molecule has 0 radical (unpaired) electrons. The third-order valence-corrected chi connectivity index (χ3v) is 4.42. The van der Waals surface area contributed by atoms with Gasteiger partial charge in [-0.15, -0.1) is 12.4 Å². The fraction of sp³-hybridized carbons (Fsp3) is 0.583. The zero-order chi connectivity index (χ0) is 14.0. The molecule has 1 amide bonds. The van der Waals surface area contributed by atoms with E-state index < -0.39 is 4.92 Å². The number of rotatable bonds is 3. The van der Waals surface area contributed by atoms with E-state index in [-0.39, 0.29) is 35.4 Å². The molecule has 20 heavy (non-hydrogen) atoms. The smallest absolute Gasteiger partial charge is 0.324 e. The quantitative estimate of drug-likeness (QED) is 0.660. The minimum absolute atomic E-state index is 0. The summed E-state index contributed by atoms with van der Waals surface area (Å²) >= 11 is 0.974. The Morgan fingerprint density at radius 3 is 2.80 bits per heavy atom. The molecular formula is C12H18ClN3O3S. The van der Waals surface area contributed by atoms with Gasteiger partial charge in [0.1, 0.15) is 0 Å². The van der Waals surface area contributed by atoms with E-state index in [4.69, 9.17) is 0 Å². The predicted octanol–water partition coefficient (Wildman–Crippen LogP) is 2.19. The van der Waals surface area contributed by atoms with Gasteiger partial charge in [0.05, 0.1) is 10.5 Å². The second kappa shape index (κ2) is 7.01. The second-order valence-electron chi connectivity index (χ2n) is 4.94. The van der Waals surface area contributed by atoms with Crippen LogP contribution in [0.25, 0.3) is 0 Å². The Labute approximate surface area is 127 Å². The van der Waals surface area contributed by atoms with Gasteiger partial charge in [-0.25, -0.2) is 0 Å². The van der Waals surface area contributed by atoms with Crippen LogP contribution in [0.15, 0.2) is 11.4 Å². The zero-order valence-electron chi connectivity index (χ0n) is 11.3. The van der Waals surface area contributed by atoms with E-state index in [2.05, 4.69) is 17.6 Å². The highest BCUT2D eigenvalue weighted by Crippen LogP contribution is 2.23. The summed E-state index contributed by atoms with van der Waals surface area (Å²) in [6.07, 6.45) is 1.01. The Balaban J connectivity index is 0.00000200. The number of piperidine rings is 1. The maximum absolute atomic E-state index is 12.1. The summed E-state index contributed by atoms with van der Waals surface area (Å²) < 4.78 is 0. The van der Waals surface area contributed by atoms with Crippen molar-refractivity contribution in [3.8, 4) is 0 Å². The molecule has 0 aliphatic carbocycles. The van der Waals surface area contributed by atoms with Crippen molar-refractivity contribution < 1.29 is 9.72 Å². The summed E-state index contributed by atoms with van der Waals surface area (Å²) in [7, 11) is 0. The molecule has 2 rings (SSSR count). The number of nitrogens with one attached hydrogen (secondary N) is 2. The van der Waals surface area contributed by atoms with Crippen molar-refractivity contribution in [2.45, 2.75) is 32.4 Å². The second-order valence-corrected chi connectivity index (χ2v) is 5.83. The lowest BCUT2D eigenvalue weighted by molar-refractivity contribution is -0.380. The standard InChI is InChI=1S/C12H17N3O3S.ClH/c1-7-3-4-13-8(2)11(7)14-12(16)9-5-10(15(17)18)19-6-9;/h5-8,11,13H,3-4H2,1-2H3,(H,14,16);1H. The van der Waals surface area contributed by atoms with Gasteiger partial charge in [-0.2, -0.15) is 0 Å². The third kappa shape index (κ3) is 3.68. The minimum atomic E-state index is -0.477. The molecule has 6 nitrogen and oxygen atoms in total. The van der Waals surface area contributed by atoms with Crippen LogP contribution >= 0.6 is 23.7 Å². The van der Waals surface area contributed by atoms with Crippen LogP contribution < -0.4 is 10.6 Å². The van der Waals surface area contributed by atoms with Gasteiger partial charge in [0.15, 0.2) is 0 Å². The maximum Gasteiger partial charge on any atom is 0.324 e. The Morgan fingerprint density at radius 1 is 1.55 bits per heavy atom. The van der Waals surface area contributed by atoms with Crippen LogP contribution in [0, 0.1) is 16.0 Å². The zero-order valence-corrected chi connectivity index (χ0v) is 12.9. The predicted molar refractivity (Wildman–Crippen MR) is 80.7 cm³/mol. The Morgan fingerprint density at radius 2 is 2.25 bits per heavy atom. The number of carbonyl (C=O) groups excluding carboxylic acids is 1. The van der Waals surface area contributed by atoms with Crippen molar-refractivity contribution in [1.29, 1.82) is 0 Å². The highest BCUT2D eigenvalue weighted by Gasteiger charge is 2.29. The van der Waals surface area contributed by atoms with Gasteiger partial charge in [0.25, 0.3) is 5.91 Å². The van der Waals surface area contributed by atoms with Crippen LogP contribution in [0.1, 0.15) is 30.6 Å². The molecule has 1 aromatic heterocycles. The van der Waals surface area contributed by atoms with Crippen LogP contribution in [0.2, 0.25) is 0 Å². The van der Waals surface area contributed by atoms with Gasteiger partial charge in [-0.05, 0) is 25.8 Å². The average Bonchev–Trinajstić information content (AvgIpc) is 2.83. The molecule has 3 atom stereocenters. The molecule has 1 saturated heterocycles. The molecule has 3 unspecified atom stereocenters. The first-order valence-corrected chi connectivity index (χ1v) is 7.14. The van der Waals surface area contributed by atoms with Gasteiger partial charge >= 0.3 is 5.00 Å². The number of nitro groups is 1. The number of nitrogens with zero attached hydrogens (tertiary/aromatic N) is 1. The molecule has 0 saturated carbocycles. The first-order valence-electron chi connectivity index (χ1n) is 6.26. The van der Waals surface area contributed by atoms with Gasteiger partial charge in [-0.3, -0.25) is 14.9 Å². The lowest BCUT2D eigenvalue weighted by atomic mass is 9.89. The van der Waals surface area contributed by atoms with Gasteiger partial charge in [0.2, 0.25) is 0 Å². The van der Waals surface area contributed by atoms with Crippen molar-refractivity contribution in [3.05, 3.63) is 27.1 Å². The number of hydrogen-bond donors (Lipinski definition) is 2. The molecule has 112 valence electrons. The number of amides is 1. The number of carbonyl (C=O) groups is 1. The molecular weight excluding hydrogens is 302 g/mol. The first-order chi connectivity index (χ1) is 8.99. The normalized spacial score (nSPS) is 25.6. The van der Waals surface area contributed by atoms with E-state index in [1.807, 2.05) is 6.92 Å². The number of halogens is 1. The molecule has 1 fully saturated rings. The number of thiophene rings is 1. The van der Waals surface area contributed by atoms with E-state index in [1.165, 1.54) is 11.4 Å². The molecule has 2 heterocycles. The Hall–Kier alpha value is -1.18. The summed E-state index contributed by atoms with van der Waals surface area (Å²) in [6.45, 7) is 5.10. The summed E-state index contributed by atoms with van der Waals surface area (Å²) in [5, 5.41) is 18.4. The topological polar surface area (TPSA) is 84.3 Å². The summed E-state index contributed by atoms with van der Waals surface area (Å²) in [5.41, 5.74) is 0.363. The van der Waals surface area contributed by atoms with Crippen molar-refractivity contribution in [2.75, 3.05) is 6.54 Å². The van der Waals surface area contributed by atoms with Crippen molar-refractivity contribution >= 4 is 34.7 Å². The fourth-order valence-corrected chi connectivity index (χ4v) is 3.08. The molecule has 2 N–H and O–H groups in total. The van der Waals surface area contributed by atoms with E-state index >= 15 is 0 Å². The summed E-state index contributed by atoms with van der Waals surface area (Å²) in [4.78, 5) is 22.2. The largest absolute Gasteiger partial charge is 0.347 e. The van der Waals surface area contributed by atoms with Crippen LogP contribution in [0.5, 0.6) is 0 Å². The summed E-state index contributed by atoms with van der Waals surface area (Å²) in [6, 6.07) is 1.59. The molecule has 0 aromatic carbocycles. The van der Waals surface area contributed by atoms with Gasteiger partial charge < -0.3 is 10.6 Å². The Bertz CT molecular complexity index is 484. The van der Waals surface area contributed by atoms with Crippen molar-refractivity contribution in [3.63, 3.8) is 0 Å². The van der Waals surface area contributed by atoms with Gasteiger partial charge in [0, 0.05) is 23.5 Å². The Kier molecular flexibility index (Phi) is 5.91. The van der Waals surface area contributed by atoms with Crippen molar-refractivity contribution in [1.82, 2.24) is 10.6 Å².